The minimum Gasteiger partial charge on any atom is -0.424 e. The first kappa shape index (κ1) is 10.6. The Morgan fingerprint density at radius 3 is 2.33 bits per heavy atom. The Bertz CT molecular complexity index is 212. The van der Waals surface area contributed by atoms with Gasteiger partial charge in [0.25, 0.3) is 12.5 Å². The molecule has 0 aromatic rings. The van der Waals surface area contributed by atoms with Crippen molar-refractivity contribution in [2.75, 3.05) is 0 Å². The average molecular weight is 168 g/mol. The predicted octanol–water partition coefficient (Wildman–Crippen LogP) is 1.54. The molecule has 0 spiro atoms. The van der Waals surface area contributed by atoms with Gasteiger partial charge in [-0.15, -0.1) is 0 Å². The van der Waals surface area contributed by atoms with E-state index in [0.717, 1.165) is 0 Å². The van der Waals surface area contributed by atoms with Gasteiger partial charge < -0.3 is 9.47 Å². The van der Waals surface area contributed by atoms with Gasteiger partial charge in [0.1, 0.15) is 11.7 Å². The summed E-state index contributed by atoms with van der Waals surface area (Å²) < 4.78 is 9.40. The van der Waals surface area contributed by atoms with Crippen LogP contribution >= 0.6 is 0 Å². The van der Waals surface area contributed by atoms with E-state index in [4.69, 9.17) is 15.3 Å². The molecule has 0 amide bonds. The van der Waals surface area contributed by atoms with Gasteiger partial charge in [0.15, 0.2) is 0 Å². The lowest BCUT2D eigenvalue weighted by Gasteiger charge is -2.23. The van der Waals surface area contributed by atoms with E-state index in [2.05, 4.69) is 4.74 Å². The molecular formula is C8H12N2O2. The fourth-order valence-corrected chi connectivity index (χ4v) is 0.989. The first-order valence-electron chi connectivity index (χ1n) is 3.63. The molecule has 0 fully saturated rings. The van der Waals surface area contributed by atoms with Crippen LogP contribution in [0.2, 0.25) is 0 Å². The summed E-state index contributed by atoms with van der Waals surface area (Å²) in [7, 11) is 0. The summed E-state index contributed by atoms with van der Waals surface area (Å²) >= 11 is 0. The van der Waals surface area contributed by atoms with Crippen molar-refractivity contribution in [3.8, 4) is 12.5 Å². The highest BCUT2D eigenvalue weighted by atomic mass is 16.5. The maximum Gasteiger partial charge on any atom is 0.286 e. The zero-order valence-corrected chi connectivity index (χ0v) is 7.50. The van der Waals surface area contributed by atoms with Crippen LogP contribution in [0.25, 0.3) is 0 Å². The third-order valence-electron chi connectivity index (χ3n) is 1.35. The number of nitriles is 2. The second-order valence-electron chi connectivity index (χ2n) is 3.18. The molecule has 0 heterocycles. The SMILES string of the molecule is CC(CC(C)(C)OC#N)OC#N. The molecule has 0 aromatic carbocycles. The largest absolute Gasteiger partial charge is 0.424 e. The van der Waals surface area contributed by atoms with E-state index in [-0.39, 0.29) is 6.10 Å². The van der Waals surface area contributed by atoms with Crippen molar-refractivity contribution in [1.82, 2.24) is 0 Å². The number of hydrogen-bond donors (Lipinski definition) is 0. The molecule has 4 nitrogen and oxygen atoms in total. The third-order valence-corrected chi connectivity index (χ3v) is 1.35. The van der Waals surface area contributed by atoms with Gasteiger partial charge in [-0.25, -0.2) is 0 Å². The van der Waals surface area contributed by atoms with E-state index >= 15 is 0 Å². The van der Waals surface area contributed by atoms with Gasteiger partial charge in [0, 0.05) is 6.42 Å². The van der Waals surface area contributed by atoms with Crippen LogP contribution in [0.1, 0.15) is 27.2 Å². The molecule has 0 rings (SSSR count). The topological polar surface area (TPSA) is 66.0 Å². The number of hydrogen-bond acceptors (Lipinski definition) is 4. The Morgan fingerprint density at radius 2 is 1.92 bits per heavy atom. The van der Waals surface area contributed by atoms with Crippen LogP contribution in [0, 0.1) is 23.0 Å². The van der Waals surface area contributed by atoms with Gasteiger partial charge in [0.05, 0.1) is 0 Å². The Labute approximate surface area is 72.3 Å². The van der Waals surface area contributed by atoms with Crippen molar-refractivity contribution >= 4 is 0 Å². The second-order valence-corrected chi connectivity index (χ2v) is 3.18. The van der Waals surface area contributed by atoms with Crippen molar-refractivity contribution in [3.63, 3.8) is 0 Å². The lowest BCUT2D eigenvalue weighted by atomic mass is 10.0. The Hall–Kier alpha value is -1.42. The molecule has 1 unspecified atom stereocenters. The van der Waals surface area contributed by atoms with E-state index in [9.17, 15) is 0 Å². The Balaban J connectivity index is 3.91. The molecule has 1 atom stereocenters. The van der Waals surface area contributed by atoms with Crippen LogP contribution in [0.4, 0.5) is 0 Å². The van der Waals surface area contributed by atoms with Crippen molar-refractivity contribution in [2.24, 2.45) is 0 Å². The molecular weight excluding hydrogens is 156 g/mol. The summed E-state index contributed by atoms with van der Waals surface area (Å²) in [5.74, 6) is 0. The van der Waals surface area contributed by atoms with Crippen LogP contribution in [0.15, 0.2) is 0 Å². The van der Waals surface area contributed by atoms with Gasteiger partial charge in [-0.2, -0.15) is 10.5 Å². The van der Waals surface area contributed by atoms with E-state index in [0.29, 0.717) is 6.42 Å². The van der Waals surface area contributed by atoms with Crippen LogP contribution in [0.3, 0.4) is 0 Å². The zero-order valence-electron chi connectivity index (χ0n) is 7.50. The molecule has 0 aliphatic carbocycles. The number of nitrogens with zero attached hydrogens (tertiary/aromatic N) is 2. The highest BCUT2D eigenvalue weighted by Crippen LogP contribution is 2.17. The molecule has 0 aliphatic heterocycles. The van der Waals surface area contributed by atoms with Crippen LogP contribution in [-0.2, 0) is 9.47 Å². The third kappa shape index (κ3) is 4.40. The Morgan fingerprint density at radius 1 is 1.33 bits per heavy atom. The van der Waals surface area contributed by atoms with Crippen molar-refractivity contribution in [1.29, 1.82) is 10.5 Å². The van der Waals surface area contributed by atoms with E-state index in [1.165, 1.54) is 0 Å². The second kappa shape index (κ2) is 4.46. The average Bonchev–Trinajstić information content (AvgIpc) is 1.85. The summed E-state index contributed by atoms with van der Waals surface area (Å²) in [5.41, 5.74) is -0.564. The molecule has 4 heteroatoms. The zero-order chi connectivity index (χ0) is 9.61. The summed E-state index contributed by atoms with van der Waals surface area (Å²) in [6, 6.07) is 0. The summed E-state index contributed by atoms with van der Waals surface area (Å²) in [6.07, 6.45) is 3.49. The first-order valence-corrected chi connectivity index (χ1v) is 3.63. The molecule has 12 heavy (non-hydrogen) atoms. The van der Waals surface area contributed by atoms with E-state index in [1.807, 2.05) is 0 Å². The van der Waals surface area contributed by atoms with Crippen molar-refractivity contribution < 1.29 is 9.47 Å². The minimum atomic E-state index is -0.564. The first-order chi connectivity index (χ1) is 5.52. The molecule has 0 aliphatic rings. The predicted molar refractivity (Wildman–Crippen MR) is 41.6 cm³/mol. The molecule has 0 radical (unpaired) electrons. The van der Waals surface area contributed by atoms with E-state index in [1.54, 1.807) is 33.3 Å². The summed E-state index contributed by atoms with van der Waals surface area (Å²) in [5, 5.41) is 16.5. The van der Waals surface area contributed by atoms with Gasteiger partial charge in [-0.3, -0.25) is 0 Å². The lowest BCUT2D eigenvalue weighted by Crippen LogP contribution is -2.27. The normalized spacial score (nSPS) is 12.4. The van der Waals surface area contributed by atoms with Crippen molar-refractivity contribution in [3.05, 3.63) is 0 Å². The quantitative estimate of drug-likeness (QED) is 0.597. The molecule has 66 valence electrons. The van der Waals surface area contributed by atoms with Gasteiger partial charge in [-0.1, -0.05) is 0 Å². The molecule has 0 aromatic heterocycles. The number of rotatable bonds is 4. The molecule has 0 saturated carbocycles. The fraction of sp³-hybridized carbons (Fsp3) is 0.750. The maximum absolute atomic E-state index is 8.27. The number of ether oxygens (including phenoxy) is 2. The van der Waals surface area contributed by atoms with Crippen LogP contribution < -0.4 is 0 Å². The molecule has 0 saturated heterocycles. The smallest absolute Gasteiger partial charge is 0.286 e. The maximum atomic E-state index is 8.27. The van der Waals surface area contributed by atoms with E-state index < -0.39 is 5.60 Å². The minimum absolute atomic E-state index is 0.224. The molecule has 0 N–H and O–H groups in total. The summed E-state index contributed by atoms with van der Waals surface area (Å²) in [4.78, 5) is 0. The Kier molecular flexibility index (Phi) is 3.93. The van der Waals surface area contributed by atoms with Crippen molar-refractivity contribution in [2.45, 2.75) is 38.9 Å². The summed E-state index contributed by atoms with van der Waals surface area (Å²) in [6.45, 7) is 5.30. The fourth-order valence-electron chi connectivity index (χ4n) is 0.989. The standard InChI is InChI=1S/C8H12N2O2/c1-7(11-5-9)4-8(2,3)12-6-10/h7H,4H2,1-3H3. The lowest BCUT2D eigenvalue weighted by molar-refractivity contribution is 0.0193. The molecule has 0 bridgehead atoms. The van der Waals surface area contributed by atoms with Gasteiger partial charge in [0.2, 0.25) is 0 Å². The van der Waals surface area contributed by atoms with Crippen LogP contribution in [0.5, 0.6) is 0 Å². The monoisotopic (exact) mass is 168 g/mol. The van der Waals surface area contributed by atoms with Gasteiger partial charge in [-0.05, 0) is 20.8 Å². The van der Waals surface area contributed by atoms with Gasteiger partial charge >= 0.3 is 0 Å². The van der Waals surface area contributed by atoms with Crippen LogP contribution in [-0.4, -0.2) is 11.7 Å². The highest BCUT2D eigenvalue weighted by Gasteiger charge is 2.23. The highest BCUT2D eigenvalue weighted by molar-refractivity contribution is 4.76.